The van der Waals surface area contributed by atoms with Crippen LogP contribution in [-0.2, 0) is 0 Å². The van der Waals surface area contributed by atoms with E-state index in [1.165, 1.54) is 0 Å². The maximum Gasteiger partial charge on any atom is 0.317 e. The first kappa shape index (κ1) is 19.8. The second-order valence-corrected chi connectivity index (χ2v) is 7.37. The summed E-state index contributed by atoms with van der Waals surface area (Å²) in [6, 6.07) is 21.6. The number of amides is 3. The van der Waals surface area contributed by atoms with Gasteiger partial charge in [-0.25, -0.2) is 4.79 Å². The number of carbonyl (C=O) groups is 2. The number of hydrogen-bond acceptors (Lipinski definition) is 3. The second kappa shape index (κ2) is 8.86. The molecule has 0 atom stereocenters. The fourth-order valence-corrected chi connectivity index (χ4v) is 3.72. The quantitative estimate of drug-likeness (QED) is 0.695. The molecule has 1 aliphatic heterocycles. The predicted octanol–water partition coefficient (Wildman–Crippen LogP) is 3.94. The second-order valence-electron chi connectivity index (χ2n) is 7.37. The van der Waals surface area contributed by atoms with Crippen molar-refractivity contribution in [2.75, 3.05) is 42.9 Å². The SMILES string of the molecule is CCNC(=O)N1CCN(c2ccc(NC(=O)c3ccc4ccccc4c3)cc2)CC1. The highest BCUT2D eigenvalue weighted by Crippen LogP contribution is 2.21. The van der Waals surface area contributed by atoms with Crippen LogP contribution in [0.5, 0.6) is 0 Å². The molecule has 3 aromatic carbocycles. The lowest BCUT2D eigenvalue weighted by Crippen LogP contribution is -2.51. The van der Waals surface area contributed by atoms with Crippen molar-refractivity contribution in [1.82, 2.24) is 10.2 Å². The summed E-state index contributed by atoms with van der Waals surface area (Å²) in [5.74, 6) is -0.121. The van der Waals surface area contributed by atoms with Gasteiger partial charge in [0.05, 0.1) is 0 Å². The molecule has 1 saturated heterocycles. The van der Waals surface area contributed by atoms with Crippen LogP contribution in [0.2, 0.25) is 0 Å². The number of benzene rings is 3. The van der Waals surface area contributed by atoms with Crippen LogP contribution >= 0.6 is 0 Å². The number of piperazine rings is 1. The maximum absolute atomic E-state index is 12.6. The third-order valence-electron chi connectivity index (χ3n) is 5.40. The first-order chi connectivity index (χ1) is 14.6. The number of urea groups is 1. The van der Waals surface area contributed by atoms with Crippen LogP contribution in [0.4, 0.5) is 16.2 Å². The Hall–Kier alpha value is -3.54. The monoisotopic (exact) mass is 402 g/mol. The molecule has 0 aromatic heterocycles. The summed E-state index contributed by atoms with van der Waals surface area (Å²) < 4.78 is 0. The molecule has 3 amide bonds. The fourth-order valence-electron chi connectivity index (χ4n) is 3.72. The lowest BCUT2D eigenvalue weighted by atomic mass is 10.1. The average Bonchev–Trinajstić information content (AvgIpc) is 2.79. The van der Waals surface area contributed by atoms with Gasteiger partial charge in [-0.2, -0.15) is 0 Å². The number of hydrogen-bond donors (Lipinski definition) is 2. The minimum Gasteiger partial charge on any atom is -0.368 e. The number of rotatable bonds is 4. The Morgan fingerprint density at radius 2 is 1.57 bits per heavy atom. The summed E-state index contributed by atoms with van der Waals surface area (Å²) in [7, 11) is 0. The summed E-state index contributed by atoms with van der Waals surface area (Å²) in [6.45, 7) is 5.55. The van der Waals surface area contributed by atoms with E-state index >= 15 is 0 Å². The summed E-state index contributed by atoms with van der Waals surface area (Å²) in [6.07, 6.45) is 0. The number of nitrogens with zero attached hydrogens (tertiary/aromatic N) is 2. The van der Waals surface area contributed by atoms with Crippen LogP contribution in [0.1, 0.15) is 17.3 Å². The predicted molar refractivity (Wildman–Crippen MR) is 121 cm³/mol. The minimum atomic E-state index is -0.121. The van der Waals surface area contributed by atoms with E-state index in [9.17, 15) is 9.59 Å². The Balaban J connectivity index is 1.36. The normalized spacial score (nSPS) is 13.9. The Bertz CT molecular complexity index is 1040. The van der Waals surface area contributed by atoms with Crippen molar-refractivity contribution in [2.45, 2.75) is 6.92 Å². The summed E-state index contributed by atoms with van der Waals surface area (Å²) in [5, 5.41) is 7.98. The topological polar surface area (TPSA) is 64.7 Å². The summed E-state index contributed by atoms with van der Waals surface area (Å²) in [5.41, 5.74) is 2.49. The minimum absolute atomic E-state index is 0.00361. The van der Waals surface area contributed by atoms with Crippen molar-refractivity contribution in [3.8, 4) is 0 Å². The van der Waals surface area contributed by atoms with Gasteiger partial charge in [0.25, 0.3) is 5.91 Å². The molecule has 1 aliphatic rings. The van der Waals surface area contributed by atoms with E-state index in [0.29, 0.717) is 25.2 Å². The van der Waals surface area contributed by atoms with Gasteiger partial charge in [-0.15, -0.1) is 0 Å². The summed E-state index contributed by atoms with van der Waals surface area (Å²) >= 11 is 0. The van der Waals surface area contributed by atoms with Gasteiger partial charge in [0.2, 0.25) is 0 Å². The molecule has 0 radical (unpaired) electrons. The van der Waals surface area contributed by atoms with E-state index in [1.54, 1.807) is 0 Å². The van der Waals surface area contributed by atoms with E-state index in [1.807, 2.05) is 78.6 Å². The standard InChI is InChI=1S/C24H26N4O2/c1-2-25-24(30)28-15-13-27(14-16-28)22-11-9-21(10-12-22)26-23(29)20-8-7-18-5-3-4-6-19(18)17-20/h3-12,17H,2,13-16H2,1H3,(H,25,30)(H,26,29). The molecule has 4 rings (SSSR count). The molecule has 0 aliphatic carbocycles. The van der Waals surface area contributed by atoms with Crippen LogP contribution in [0.15, 0.2) is 66.7 Å². The van der Waals surface area contributed by atoms with Gasteiger partial charge in [-0.3, -0.25) is 4.79 Å². The Labute approximate surface area is 176 Å². The van der Waals surface area contributed by atoms with Crippen molar-refractivity contribution in [2.24, 2.45) is 0 Å². The molecule has 30 heavy (non-hydrogen) atoms. The molecule has 0 bridgehead atoms. The Morgan fingerprint density at radius 3 is 2.27 bits per heavy atom. The van der Waals surface area contributed by atoms with Crippen molar-refractivity contribution in [1.29, 1.82) is 0 Å². The number of anilines is 2. The van der Waals surface area contributed by atoms with Gasteiger partial charge in [-0.05, 0) is 54.1 Å². The van der Waals surface area contributed by atoms with Crippen LogP contribution in [0.3, 0.4) is 0 Å². The Kier molecular flexibility index (Phi) is 5.84. The van der Waals surface area contributed by atoms with E-state index in [2.05, 4.69) is 15.5 Å². The largest absolute Gasteiger partial charge is 0.368 e. The smallest absolute Gasteiger partial charge is 0.317 e. The van der Waals surface area contributed by atoms with Gasteiger partial charge in [0.1, 0.15) is 0 Å². The van der Waals surface area contributed by atoms with Gasteiger partial charge >= 0.3 is 6.03 Å². The summed E-state index contributed by atoms with van der Waals surface area (Å²) in [4.78, 5) is 28.7. The number of carbonyl (C=O) groups excluding carboxylic acids is 2. The molecule has 0 spiro atoms. The van der Waals surface area contributed by atoms with Crippen molar-refractivity contribution >= 4 is 34.1 Å². The van der Waals surface area contributed by atoms with Crippen molar-refractivity contribution in [3.63, 3.8) is 0 Å². The highest BCUT2D eigenvalue weighted by Gasteiger charge is 2.20. The highest BCUT2D eigenvalue weighted by molar-refractivity contribution is 6.06. The molecule has 6 heteroatoms. The molecule has 1 fully saturated rings. The first-order valence-electron chi connectivity index (χ1n) is 10.3. The molecule has 154 valence electrons. The van der Waals surface area contributed by atoms with Crippen LogP contribution in [-0.4, -0.2) is 49.6 Å². The van der Waals surface area contributed by atoms with Crippen LogP contribution in [0.25, 0.3) is 10.8 Å². The number of fused-ring (bicyclic) bond motifs is 1. The molecule has 0 saturated carbocycles. The molecule has 3 aromatic rings. The van der Waals surface area contributed by atoms with E-state index in [0.717, 1.165) is 35.2 Å². The van der Waals surface area contributed by atoms with Crippen molar-refractivity contribution in [3.05, 3.63) is 72.3 Å². The molecule has 1 heterocycles. The van der Waals surface area contributed by atoms with Gasteiger partial charge in [-0.1, -0.05) is 30.3 Å². The third kappa shape index (κ3) is 4.38. The lowest BCUT2D eigenvalue weighted by Gasteiger charge is -2.36. The zero-order valence-electron chi connectivity index (χ0n) is 17.1. The zero-order chi connectivity index (χ0) is 20.9. The van der Waals surface area contributed by atoms with E-state index < -0.39 is 0 Å². The molecular weight excluding hydrogens is 376 g/mol. The number of nitrogens with one attached hydrogen (secondary N) is 2. The zero-order valence-corrected chi connectivity index (χ0v) is 17.1. The molecular formula is C24H26N4O2. The lowest BCUT2D eigenvalue weighted by molar-refractivity contribution is 0.102. The van der Waals surface area contributed by atoms with Crippen LogP contribution < -0.4 is 15.5 Å². The van der Waals surface area contributed by atoms with Gasteiger partial charge in [0.15, 0.2) is 0 Å². The maximum atomic E-state index is 12.6. The third-order valence-corrected chi connectivity index (χ3v) is 5.40. The van der Waals surface area contributed by atoms with Gasteiger partial charge < -0.3 is 20.4 Å². The highest BCUT2D eigenvalue weighted by atomic mass is 16.2. The first-order valence-corrected chi connectivity index (χ1v) is 10.3. The molecule has 2 N–H and O–H groups in total. The van der Waals surface area contributed by atoms with Gasteiger partial charge in [0, 0.05) is 49.7 Å². The van der Waals surface area contributed by atoms with Crippen LogP contribution in [0, 0.1) is 0 Å². The molecule has 0 unspecified atom stereocenters. The average molecular weight is 402 g/mol. The van der Waals surface area contributed by atoms with E-state index in [4.69, 9.17) is 0 Å². The fraction of sp³-hybridized carbons (Fsp3) is 0.250. The molecule has 6 nitrogen and oxygen atoms in total. The van der Waals surface area contributed by atoms with E-state index in [-0.39, 0.29) is 11.9 Å². The van der Waals surface area contributed by atoms with Crippen molar-refractivity contribution < 1.29 is 9.59 Å². The Morgan fingerprint density at radius 1 is 0.867 bits per heavy atom.